The van der Waals surface area contributed by atoms with Gasteiger partial charge in [-0.3, -0.25) is 14.5 Å². The molecule has 0 unspecified atom stereocenters. The van der Waals surface area contributed by atoms with Crippen LogP contribution in [0.3, 0.4) is 0 Å². The van der Waals surface area contributed by atoms with E-state index in [1.807, 2.05) is 42.5 Å². The molecule has 1 N–H and O–H groups in total. The van der Waals surface area contributed by atoms with E-state index in [9.17, 15) is 9.59 Å². The first-order chi connectivity index (χ1) is 14.0. The quantitative estimate of drug-likeness (QED) is 0.290. The summed E-state index contributed by atoms with van der Waals surface area (Å²) >= 11 is 8.90. The van der Waals surface area contributed by atoms with Crippen molar-refractivity contribution in [2.45, 2.75) is 26.2 Å². The number of thiocarbonyl (C=S) groups is 1. The smallest absolute Gasteiger partial charge is 0.266 e. The van der Waals surface area contributed by atoms with Gasteiger partial charge in [0.25, 0.3) is 5.91 Å². The topological polar surface area (TPSA) is 49.4 Å². The number of halogens is 1. The van der Waals surface area contributed by atoms with Crippen molar-refractivity contribution in [3.8, 4) is 0 Å². The van der Waals surface area contributed by atoms with E-state index in [0.29, 0.717) is 28.6 Å². The Balaban J connectivity index is 1.53. The molecule has 0 aliphatic carbocycles. The fraction of sp³-hybridized carbons (Fsp3) is 0.227. The molecule has 29 heavy (non-hydrogen) atoms. The Labute approximate surface area is 194 Å². The van der Waals surface area contributed by atoms with Gasteiger partial charge < -0.3 is 5.32 Å². The zero-order valence-corrected chi connectivity index (χ0v) is 19.8. The maximum absolute atomic E-state index is 12.7. The second-order valence-corrected chi connectivity index (χ2v) is 9.51. The van der Waals surface area contributed by atoms with Gasteiger partial charge in [0.05, 0.1) is 4.91 Å². The summed E-state index contributed by atoms with van der Waals surface area (Å²) in [5, 5.41) is 2.88. The van der Waals surface area contributed by atoms with Crippen molar-refractivity contribution in [2.24, 2.45) is 0 Å². The van der Waals surface area contributed by atoms with Crippen molar-refractivity contribution in [3.05, 3.63) is 68.1 Å². The molecule has 0 aromatic heterocycles. The van der Waals surface area contributed by atoms with Crippen LogP contribution in [-0.4, -0.2) is 27.6 Å². The molecule has 0 bridgehead atoms. The molecule has 2 aromatic rings. The summed E-state index contributed by atoms with van der Waals surface area (Å²) in [4.78, 5) is 27.1. The maximum Gasteiger partial charge on any atom is 0.266 e. The Morgan fingerprint density at radius 3 is 2.69 bits per heavy atom. The lowest BCUT2D eigenvalue weighted by atomic mass is 10.1. The Hall–Kier alpha value is -1.71. The normalized spacial score (nSPS) is 15.2. The van der Waals surface area contributed by atoms with Gasteiger partial charge in [-0.2, -0.15) is 0 Å². The molecular weight excluding hydrogens is 515 g/mol. The summed E-state index contributed by atoms with van der Waals surface area (Å²) in [6.07, 6.45) is 3.75. The van der Waals surface area contributed by atoms with E-state index in [1.165, 1.54) is 17.3 Å². The van der Waals surface area contributed by atoms with Crippen LogP contribution in [0.15, 0.2) is 53.4 Å². The standard InChI is InChI=1S/C22H21IN2O2S2/c1-2-15-8-10-16(11-9-15)13-19-21(27)25(22(28)29-19)12-4-7-20(26)24-18-6-3-5-17(23)14-18/h3,5-6,8-11,13-14H,2,4,7,12H2,1H3,(H,24,26)/b19-13-. The molecule has 4 nitrogen and oxygen atoms in total. The summed E-state index contributed by atoms with van der Waals surface area (Å²) in [5.74, 6) is -0.151. The van der Waals surface area contributed by atoms with Gasteiger partial charge in [-0.05, 0) is 70.8 Å². The van der Waals surface area contributed by atoms with E-state index in [1.54, 1.807) is 4.90 Å². The van der Waals surface area contributed by atoms with E-state index in [4.69, 9.17) is 12.2 Å². The summed E-state index contributed by atoms with van der Waals surface area (Å²) < 4.78 is 1.61. The van der Waals surface area contributed by atoms with Crippen LogP contribution >= 0.6 is 46.6 Å². The van der Waals surface area contributed by atoms with Crippen LogP contribution in [0.25, 0.3) is 6.08 Å². The molecule has 7 heteroatoms. The first-order valence-corrected chi connectivity index (χ1v) is 11.7. The van der Waals surface area contributed by atoms with Crippen LogP contribution < -0.4 is 5.32 Å². The lowest BCUT2D eigenvalue weighted by Gasteiger charge is -2.14. The molecule has 150 valence electrons. The Morgan fingerprint density at radius 2 is 2.00 bits per heavy atom. The van der Waals surface area contributed by atoms with Gasteiger partial charge in [-0.25, -0.2) is 0 Å². The number of hydrogen-bond donors (Lipinski definition) is 1. The second-order valence-electron chi connectivity index (χ2n) is 6.59. The summed E-state index contributed by atoms with van der Waals surface area (Å²) in [7, 11) is 0. The molecule has 0 saturated carbocycles. The predicted molar refractivity (Wildman–Crippen MR) is 133 cm³/mol. The molecule has 2 aromatic carbocycles. The molecule has 3 rings (SSSR count). The lowest BCUT2D eigenvalue weighted by molar-refractivity contribution is -0.122. The second kappa shape index (κ2) is 10.4. The number of aryl methyl sites for hydroxylation is 1. The van der Waals surface area contributed by atoms with Gasteiger partial charge >= 0.3 is 0 Å². The predicted octanol–water partition coefficient (Wildman–Crippen LogP) is 5.47. The van der Waals surface area contributed by atoms with Crippen molar-refractivity contribution in [3.63, 3.8) is 0 Å². The molecular formula is C22H21IN2O2S2. The van der Waals surface area contributed by atoms with E-state index < -0.39 is 0 Å². The van der Waals surface area contributed by atoms with Crippen LogP contribution in [0.1, 0.15) is 30.9 Å². The maximum atomic E-state index is 12.7. The third kappa shape index (κ3) is 6.13. The molecule has 1 saturated heterocycles. The van der Waals surface area contributed by atoms with E-state index >= 15 is 0 Å². The summed E-state index contributed by atoms with van der Waals surface area (Å²) in [6, 6.07) is 15.8. The Bertz CT molecular complexity index is 958. The number of hydrogen-bond acceptors (Lipinski definition) is 4. The van der Waals surface area contributed by atoms with Crippen LogP contribution in [0, 0.1) is 3.57 Å². The van der Waals surface area contributed by atoms with Crippen molar-refractivity contribution in [1.29, 1.82) is 0 Å². The number of rotatable bonds is 7. The molecule has 0 atom stereocenters. The van der Waals surface area contributed by atoms with Gasteiger partial charge in [0.1, 0.15) is 4.32 Å². The van der Waals surface area contributed by atoms with Gasteiger partial charge in [0.15, 0.2) is 0 Å². The molecule has 0 spiro atoms. The molecule has 1 aliphatic heterocycles. The molecule has 1 aliphatic rings. The highest BCUT2D eigenvalue weighted by Gasteiger charge is 2.31. The number of amides is 2. The van der Waals surface area contributed by atoms with Gasteiger partial charge in [0, 0.05) is 22.2 Å². The summed E-state index contributed by atoms with van der Waals surface area (Å²) in [6.45, 7) is 2.55. The van der Waals surface area contributed by atoms with Crippen molar-refractivity contribution in [1.82, 2.24) is 4.90 Å². The number of nitrogens with zero attached hydrogens (tertiary/aromatic N) is 1. The largest absolute Gasteiger partial charge is 0.326 e. The molecule has 1 fully saturated rings. The van der Waals surface area contributed by atoms with Crippen molar-refractivity contribution >= 4 is 74.5 Å². The SMILES string of the molecule is CCc1ccc(/C=C2\SC(=S)N(CCCC(=O)Nc3cccc(I)c3)C2=O)cc1. The minimum Gasteiger partial charge on any atom is -0.326 e. The highest BCUT2D eigenvalue weighted by atomic mass is 127. The van der Waals surface area contributed by atoms with E-state index in [-0.39, 0.29) is 11.8 Å². The van der Waals surface area contributed by atoms with Crippen molar-refractivity contribution < 1.29 is 9.59 Å². The van der Waals surface area contributed by atoms with Crippen LogP contribution in [-0.2, 0) is 16.0 Å². The number of carbonyl (C=O) groups excluding carboxylic acids is 2. The van der Waals surface area contributed by atoms with E-state index in [0.717, 1.165) is 21.2 Å². The summed E-state index contributed by atoms with van der Waals surface area (Å²) in [5.41, 5.74) is 3.03. The van der Waals surface area contributed by atoms with Crippen LogP contribution in [0.2, 0.25) is 0 Å². The van der Waals surface area contributed by atoms with Gasteiger partial charge in [0.2, 0.25) is 5.91 Å². The number of benzene rings is 2. The van der Waals surface area contributed by atoms with Gasteiger partial charge in [-0.1, -0.05) is 61.2 Å². The van der Waals surface area contributed by atoms with Gasteiger partial charge in [-0.15, -0.1) is 0 Å². The Morgan fingerprint density at radius 1 is 1.24 bits per heavy atom. The van der Waals surface area contributed by atoms with Crippen LogP contribution in [0.4, 0.5) is 5.69 Å². The minimum atomic E-state index is -0.0856. The molecule has 1 heterocycles. The zero-order chi connectivity index (χ0) is 20.8. The monoisotopic (exact) mass is 536 g/mol. The fourth-order valence-electron chi connectivity index (χ4n) is 2.88. The van der Waals surface area contributed by atoms with Crippen molar-refractivity contribution in [2.75, 3.05) is 11.9 Å². The average Bonchev–Trinajstić information content (AvgIpc) is 2.96. The molecule has 0 radical (unpaired) electrons. The lowest BCUT2D eigenvalue weighted by Crippen LogP contribution is -2.29. The fourth-order valence-corrected chi connectivity index (χ4v) is 4.73. The minimum absolute atomic E-state index is 0.0657. The highest BCUT2D eigenvalue weighted by molar-refractivity contribution is 14.1. The average molecular weight is 536 g/mol. The third-order valence-electron chi connectivity index (χ3n) is 4.45. The van der Waals surface area contributed by atoms with E-state index in [2.05, 4.69) is 47.0 Å². The first kappa shape index (κ1) is 22.0. The zero-order valence-electron chi connectivity index (χ0n) is 16.0. The first-order valence-electron chi connectivity index (χ1n) is 9.36. The number of nitrogens with one attached hydrogen (secondary N) is 1. The Kier molecular flexibility index (Phi) is 7.85. The number of anilines is 1. The highest BCUT2D eigenvalue weighted by Crippen LogP contribution is 2.32. The molecule has 2 amide bonds. The number of carbonyl (C=O) groups is 2. The number of thioether (sulfide) groups is 1. The van der Waals surface area contributed by atoms with Crippen LogP contribution in [0.5, 0.6) is 0 Å². The third-order valence-corrected chi connectivity index (χ3v) is 6.50.